The van der Waals surface area contributed by atoms with E-state index < -0.39 is 0 Å². The zero-order valence-corrected chi connectivity index (χ0v) is 14.1. The number of phenolic OH excluding ortho intramolecular Hbond substituents is 3. The molecule has 0 radical (unpaired) electrons. The summed E-state index contributed by atoms with van der Waals surface area (Å²) >= 11 is 0. The molecule has 126 valence electrons. The van der Waals surface area contributed by atoms with E-state index in [-0.39, 0.29) is 22.8 Å². The molecule has 3 N–H and O–H groups in total. The van der Waals surface area contributed by atoms with Gasteiger partial charge in [0, 0.05) is 23.2 Å². The van der Waals surface area contributed by atoms with Gasteiger partial charge in [-0.25, -0.2) is 0 Å². The number of hydrogen-bond acceptors (Lipinski definition) is 5. The normalized spacial score (nSPS) is 22.0. The Hall–Kier alpha value is -2.40. The van der Waals surface area contributed by atoms with Crippen LogP contribution in [0, 0.1) is 0 Å². The van der Waals surface area contributed by atoms with Crippen LogP contribution in [0.25, 0.3) is 11.1 Å². The lowest BCUT2D eigenvalue weighted by Gasteiger charge is -2.48. The topological polar surface area (TPSA) is 73.2 Å². The Kier molecular flexibility index (Phi) is 3.03. The molecule has 0 saturated heterocycles. The van der Waals surface area contributed by atoms with Crippen molar-refractivity contribution in [2.75, 3.05) is 20.7 Å². The third-order valence-electron chi connectivity index (χ3n) is 5.67. The fraction of sp³-hybridized carbons (Fsp3) is 0.368. The Morgan fingerprint density at radius 3 is 2.54 bits per heavy atom. The molecule has 24 heavy (non-hydrogen) atoms. The van der Waals surface area contributed by atoms with Gasteiger partial charge in [-0.15, -0.1) is 0 Å². The summed E-state index contributed by atoms with van der Waals surface area (Å²) in [6, 6.07) is 5.12. The van der Waals surface area contributed by atoms with Crippen molar-refractivity contribution in [2.24, 2.45) is 0 Å². The summed E-state index contributed by atoms with van der Waals surface area (Å²) in [5.74, 6) is 0.0837. The third kappa shape index (κ3) is 1.73. The van der Waals surface area contributed by atoms with Crippen LogP contribution in [0.5, 0.6) is 23.0 Å². The fourth-order valence-electron chi connectivity index (χ4n) is 4.33. The van der Waals surface area contributed by atoms with E-state index in [1.54, 1.807) is 6.07 Å². The molecule has 0 bridgehead atoms. The molecule has 0 spiro atoms. The van der Waals surface area contributed by atoms with Crippen LogP contribution in [0.2, 0.25) is 0 Å². The molecule has 2 aromatic rings. The summed E-state index contributed by atoms with van der Waals surface area (Å²) in [6.45, 7) is 3.08. The molecule has 2 aromatic carbocycles. The smallest absolute Gasteiger partial charge is 0.168 e. The summed E-state index contributed by atoms with van der Waals surface area (Å²) in [7, 11) is 3.60. The second kappa shape index (κ2) is 4.80. The molecule has 5 heteroatoms. The fourth-order valence-corrected chi connectivity index (χ4v) is 4.33. The van der Waals surface area contributed by atoms with E-state index in [9.17, 15) is 15.3 Å². The van der Waals surface area contributed by atoms with Crippen molar-refractivity contribution in [1.82, 2.24) is 4.90 Å². The quantitative estimate of drug-likeness (QED) is 0.703. The van der Waals surface area contributed by atoms with Crippen molar-refractivity contribution in [1.29, 1.82) is 0 Å². The molecule has 0 amide bonds. The molecule has 4 rings (SSSR count). The number of aromatic hydroxyl groups is 3. The predicted octanol–water partition coefficient (Wildman–Crippen LogP) is 2.74. The summed E-state index contributed by atoms with van der Waals surface area (Å²) in [6.07, 6.45) is 1.54. The summed E-state index contributed by atoms with van der Waals surface area (Å²) in [5.41, 5.74) is 4.07. The molecule has 0 unspecified atom stereocenters. The van der Waals surface area contributed by atoms with Gasteiger partial charge in [0.25, 0.3) is 0 Å². The summed E-state index contributed by atoms with van der Waals surface area (Å²) < 4.78 is 5.49. The predicted molar refractivity (Wildman–Crippen MR) is 90.8 cm³/mol. The highest BCUT2D eigenvalue weighted by Crippen LogP contribution is 2.57. The van der Waals surface area contributed by atoms with Crippen LogP contribution in [-0.2, 0) is 18.4 Å². The van der Waals surface area contributed by atoms with Gasteiger partial charge < -0.3 is 20.1 Å². The van der Waals surface area contributed by atoms with E-state index in [2.05, 4.69) is 18.9 Å². The van der Waals surface area contributed by atoms with Crippen LogP contribution in [0.15, 0.2) is 18.2 Å². The van der Waals surface area contributed by atoms with Crippen LogP contribution >= 0.6 is 0 Å². The largest absolute Gasteiger partial charge is 0.504 e. The Morgan fingerprint density at radius 1 is 1.08 bits per heavy atom. The molecule has 0 aromatic heterocycles. The Morgan fingerprint density at radius 2 is 1.83 bits per heavy atom. The van der Waals surface area contributed by atoms with Crippen molar-refractivity contribution in [3.63, 3.8) is 0 Å². The van der Waals surface area contributed by atoms with Gasteiger partial charge in [-0.3, -0.25) is 4.90 Å². The lowest BCUT2D eigenvalue weighted by atomic mass is 9.69. The Bertz CT molecular complexity index is 861. The molecule has 5 nitrogen and oxygen atoms in total. The molecule has 1 heterocycles. The number of nitrogens with zero attached hydrogens (tertiary/aromatic N) is 1. The zero-order valence-electron chi connectivity index (χ0n) is 14.1. The van der Waals surface area contributed by atoms with E-state index in [4.69, 9.17) is 4.74 Å². The molecule has 2 aliphatic rings. The van der Waals surface area contributed by atoms with E-state index in [0.717, 1.165) is 36.1 Å². The van der Waals surface area contributed by atoms with Crippen molar-refractivity contribution in [3.05, 3.63) is 34.9 Å². The summed E-state index contributed by atoms with van der Waals surface area (Å²) in [4.78, 5) is 2.31. The zero-order chi connectivity index (χ0) is 17.2. The first-order valence-corrected chi connectivity index (χ1v) is 8.07. The highest BCUT2D eigenvalue weighted by atomic mass is 16.5. The first-order chi connectivity index (χ1) is 11.4. The number of likely N-dealkylation sites (N-methyl/N-ethyl adjacent to an activating group) is 1. The van der Waals surface area contributed by atoms with Gasteiger partial charge in [-0.05, 0) is 55.6 Å². The second-order valence-electron chi connectivity index (χ2n) is 6.93. The molecule has 1 atom stereocenters. The van der Waals surface area contributed by atoms with E-state index in [1.165, 1.54) is 13.2 Å². The van der Waals surface area contributed by atoms with Gasteiger partial charge >= 0.3 is 0 Å². The van der Waals surface area contributed by atoms with Crippen LogP contribution in [-0.4, -0.2) is 40.9 Å². The van der Waals surface area contributed by atoms with Crippen LogP contribution < -0.4 is 4.74 Å². The average Bonchev–Trinajstić information content (AvgIpc) is 2.54. The van der Waals surface area contributed by atoms with Crippen molar-refractivity contribution < 1.29 is 20.1 Å². The first kappa shape index (κ1) is 15.1. The summed E-state index contributed by atoms with van der Waals surface area (Å²) in [5, 5.41) is 31.0. The molecule has 1 aliphatic carbocycles. The second-order valence-corrected chi connectivity index (χ2v) is 6.93. The molecular weight excluding hydrogens is 306 g/mol. The van der Waals surface area contributed by atoms with Gasteiger partial charge in [0.2, 0.25) is 0 Å². The highest BCUT2D eigenvalue weighted by Gasteiger charge is 2.45. The van der Waals surface area contributed by atoms with Crippen LogP contribution in [0.1, 0.15) is 23.6 Å². The Balaban J connectivity index is 2.18. The SMILES string of the molecule is COc1c(O)cc2c3c1-c1c(ccc(O)c1O)C[C@]3(C)N(C)CC2. The minimum absolute atomic E-state index is 0.0637. The number of phenols is 3. The lowest BCUT2D eigenvalue weighted by Crippen LogP contribution is -2.49. The minimum Gasteiger partial charge on any atom is -0.504 e. The molecule has 1 aliphatic heterocycles. The van der Waals surface area contributed by atoms with E-state index >= 15 is 0 Å². The van der Waals surface area contributed by atoms with Gasteiger partial charge in [0.15, 0.2) is 23.0 Å². The van der Waals surface area contributed by atoms with Crippen molar-refractivity contribution in [3.8, 4) is 34.1 Å². The molecule has 0 fully saturated rings. The van der Waals surface area contributed by atoms with Gasteiger partial charge in [0.1, 0.15) is 0 Å². The minimum atomic E-state index is -0.250. The maximum atomic E-state index is 10.5. The average molecular weight is 327 g/mol. The number of benzene rings is 2. The lowest BCUT2D eigenvalue weighted by molar-refractivity contribution is 0.121. The number of hydrogen-bond donors (Lipinski definition) is 3. The third-order valence-corrected chi connectivity index (χ3v) is 5.67. The highest BCUT2D eigenvalue weighted by molar-refractivity contribution is 5.88. The van der Waals surface area contributed by atoms with Gasteiger partial charge in [-0.2, -0.15) is 0 Å². The first-order valence-electron chi connectivity index (χ1n) is 8.07. The maximum Gasteiger partial charge on any atom is 0.168 e. The number of fused-ring (bicyclic) bond motifs is 2. The Labute approximate surface area is 140 Å². The maximum absolute atomic E-state index is 10.5. The van der Waals surface area contributed by atoms with E-state index in [1.807, 2.05) is 6.07 Å². The molecule has 0 saturated carbocycles. The molecular formula is C19H21NO4. The van der Waals surface area contributed by atoms with E-state index in [0.29, 0.717) is 16.9 Å². The van der Waals surface area contributed by atoms with Gasteiger partial charge in [0.05, 0.1) is 7.11 Å². The standard InChI is InChI=1S/C19H21NO4/c1-19-9-11-4-5-12(21)17(23)14(11)15-16(19)10(6-7-20(19)2)8-13(22)18(15)24-3/h4-5,8,21-23H,6-7,9H2,1-3H3/t19-/m0/s1. The van der Waals surface area contributed by atoms with Crippen LogP contribution in [0.3, 0.4) is 0 Å². The van der Waals surface area contributed by atoms with Crippen molar-refractivity contribution >= 4 is 0 Å². The number of methoxy groups -OCH3 is 1. The van der Waals surface area contributed by atoms with Crippen molar-refractivity contribution in [2.45, 2.75) is 25.3 Å². The monoisotopic (exact) mass is 327 g/mol. The van der Waals surface area contributed by atoms with Crippen LogP contribution in [0.4, 0.5) is 0 Å². The number of rotatable bonds is 1. The van der Waals surface area contributed by atoms with Gasteiger partial charge in [-0.1, -0.05) is 6.07 Å². The number of ether oxygens (including phenoxy) is 1.